The summed E-state index contributed by atoms with van der Waals surface area (Å²) in [5, 5.41) is 9.97. The minimum absolute atomic E-state index is 0.219. The van der Waals surface area contributed by atoms with E-state index in [1.54, 1.807) is 6.07 Å². The van der Waals surface area contributed by atoms with E-state index in [1.807, 2.05) is 25.1 Å². The maximum absolute atomic E-state index is 12.4. The highest BCUT2D eigenvalue weighted by Crippen LogP contribution is 2.15. The van der Waals surface area contributed by atoms with Crippen LogP contribution in [-0.2, 0) is 13.1 Å². The molecule has 0 bridgehead atoms. The van der Waals surface area contributed by atoms with Crippen molar-refractivity contribution in [3.63, 3.8) is 0 Å². The van der Waals surface area contributed by atoms with Crippen molar-refractivity contribution in [3.05, 3.63) is 86.8 Å². The highest BCUT2D eigenvalue weighted by molar-refractivity contribution is 6.30. The highest BCUT2D eigenvalue weighted by atomic mass is 35.5. The maximum Gasteiger partial charge on any atom is 0.274 e. The first-order valence-electron chi connectivity index (χ1n) is 8.84. The van der Waals surface area contributed by atoms with Crippen LogP contribution in [0.25, 0.3) is 5.78 Å². The average Bonchev–Trinajstić information content (AvgIpc) is 3.10. The van der Waals surface area contributed by atoms with Gasteiger partial charge in [0.1, 0.15) is 0 Å². The van der Waals surface area contributed by atoms with Gasteiger partial charge in [-0.15, -0.1) is 0 Å². The van der Waals surface area contributed by atoms with Crippen LogP contribution in [-0.4, -0.2) is 19.6 Å². The SMILES string of the molecule is Cc1ccc(CNc2nc3nc(CNc4cccc(Cl)c4)cc(=O)n3[nH]2)cc1. The molecule has 142 valence electrons. The average molecular weight is 395 g/mol. The number of aromatic nitrogens is 4. The van der Waals surface area contributed by atoms with Crippen molar-refractivity contribution in [2.75, 3.05) is 10.6 Å². The Morgan fingerprint density at radius 2 is 1.86 bits per heavy atom. The van der Waals surface area contributed by atoms with Crippen molar-refractivity contribution < 1.29 is 0 Å². The third-order valence-corrected chi connectivity index (χ3v) is 4.50. The van der Waals surface area contributed by atoms with Crippen LogP contribution in [0, 0.1) is 6.92 Å². The molecule has 0 fully saturated rings. The summed E-state index contributed by atoms with van der Waals surface area (Å²) in [6.45, 7) is 3.04. The zero-order valence-electron chi connectivity index (χ0n) is 15.2. The Labute approximate surface area is 166 Å². The fourth-order valence-electron chi connectivity index (χ4n) is 2.78. The number of anilines is 2. The maximum atomic E-state index is 12.4. The Morgan fingerprint density at radius 3 is 2.64 bits per heavy atom. The van der Waals surface area contributed by atoms with Gasteiger partial charge in [-0.2, -0.15) is 9.50 Å². The molecule has 0 saturated carbocycles. The second-order valence-electron chi connectivity index (χ2n) is 6.50. The van der Waals surface area contributed by atoms with Crippen molar-refractivity contribution in [1.29, 1.82) is 0 Å². The molecule has 0 amide bonds. The second-order valence-corrected chi connectivity index (χ2v) is 6.93. The first-order valence-corrected chi connectivity index (χ1v) is 9.22. The van der Waals surface area contributed by atoms with Crippen LogP contribution >= 0.6 is 11.6 Å². The van der Waals surface area contributed by atoms with Gasteiger partial charge in [0, 0.05) is 23.3 Å². The lowest BCUT2D eigenvalue weighted by Gasteiger charge is -2.05. The van der Waals surface area contributed by atoms with Gasteiger partial charge in [0.25, 0.3) is 11.3 Å². The van der Waals surface area contributed by atoms with Crippen LogP contribution in [0.2, 0.25) is 5.02 Å². The van der Waals surface area contributed by atoms with Crippen LogP contribution in [0.5, 0.6) is 0 Å². The standard InChI is InChI=1S/C20H19ClN6O/c1-13-5-7-14(8-6-13)11-23-19-25-20-24-17(10-18(28)27(20)26-19)12-22-16-4-2-3-15(21)9-16/h2-10,22H,11-12H2,1H3,(H2,23,24,25,26). The van der Waals surface area contributed by atoms with Crippen molar-refractivity contribution in [3.8, 4) is 0 Å². The smallest absolute Gasteiger partial charge is 0.274 e. The number of aryl methyl sites for hydroxylation is 1. The van der Waals surface area contributed by atoms with E-state index in [9.17, 15) is 4.79 Å². The Bertz CT molecular complexity index is 1170. The Morgan fingerprint density at radius 1 is 1.04 bits per heavy atom. The third kappa shape index (κ3) is 4.15. The second kappa shape index (κ2) is 7.74. The zero-order chi connectivity index (χ0) is 19.5. The summed E-state index contributed by atoms with van der Waals surface area (Å²) in [7, 11) is 0. The number of rotatable bonds is 6. The van der Waals surface area contributed by atoms with E-state index in [-0.39, 0.29) is 5.56 Å². The lowest BCUT2D eigenvalue weighted by atomic mass is 10.1. The van der Waals surface area contributed by atoms with Gasteiger partial charge in [0.05, 0.1) is 12.2 Å². The van der Waals surface area contributed by atoms with Crippen molar-refractivity contribution in [1.82, 2.24) is 19.6 Å². The largest absolute Gasteiger partial charge is 0.379 e. The lowest BCUT2D eigenvalue weighted by molar-refractivity contribution is 0.874. The zero-order valence-corrected chi connectivity index (χ0v) is 16.0. The number of aromatic amines is 1. The number of nitrogens with zero attached hydrogens (tertiary/aromatic N) is 3. The van der Waals surface area contributed by atoms with E-state index in [0.717, 1.165) is 11.3 Å². The third-order valence-electron chi connectivity index (χ3n) is 4.26. The molecule has 28 heavy (non-hydrogen) atoms. The summed E-state index contributed by atoms with van der Waals surface area (Å²) in [5.74, 6) is 0.812. The molecular formula is C20H19ClN6O. The molecule has 8 heteroatoms. The highest BCUT2D eigenvalue weighted by Gasteiger charge is 2.08. The molecule has 4 aromatic rings. The Hall–Kier alpha value is -3.32. The number of hydrogen-bond acceptors (Lipinski definition) is 5. The number of benzene rings is 2. The first-order chi connectivity index (χ1) is 13.6. The molecule has 3 N–H and O–H groups in total. The van der Waals surface area contributed by atoms with Crippen LogP contribution in [0.15, 0.2) is 59.4 Å². The fourth-order valence-corrected chi connectivity index (χ4v) is 2.97. The number of nitrogens with one attached hydrogen (secondary N) is 3. The van der Waals surface area contributed by atoms with Gasteiger partial charge in [-0.1, -0.05) is 47.5 Å². The molecule has 2 aromatic heterocycles. The quantitative estimate of drug-likeness (QED) is 0.465. The monoisotopic (exact) mass is 394 g/mol. The molecule has 0 aliphatic rings. The van der Waals surface area contributed by atoms with E-state index in [4.69, 9.17) is 11.6 Å². The molecule has 2 heterocycles. The molecule has 4 rings (SSSR count). The predicted molar refractivity (Wildman–Crippen MR) is 111 cm³/mol. The van der Waals surface area contributed by atoms with Crippen LogP contribution in [0.1, 0.15) is 16.8 Å². The number of hydrogen-bond donors (Lipinski definition) is 3. The van der Waals surface area contributed by atoms with E-state index in [1.165, 1.54) is 16.1 Å². The molecule has 0 unspecified atom stereocenters. The molecule has 0 aliphatic carbocycles. The van der Waals surface area contributed by atoms with E-state index >= 15 is 0 Å². The van der Waals surface area contributed by atoms with Gasteiger partial charge >= 0.3 is 0 Å². The molecule has 7 nitrogen and oxygen atoms in total. The molecule has 0 atom stereocenters. The number of halogens is 1. The summed E-state index contributed by atoms with van der Waals surface area (Å²) in [4.78, 5) is 21.2. The Kier molecular flexibility index (Phi) is 4.99. The van der Waals surface area contributed by atoms with Crippen molar-refractivity contribution >= 4 is 29.0 Å². The first kappa shape index (κ1) is 18.1. The van der Waals surface area contributed by atoms with Gasteiger partial charge in [-0.3, -0.25) is 9.89 Å². The van der Waals surface area contributed by atoms with Crippen LogP contribution in [0.4, 0.5) is 11.6 Å². The van der Waals surface area contributed by atoms with Crippen LogP contribution < -0.4 is 16.2 Å². The summed E-state index contributed by atoms with van der Waals surface area (Å²) in [6.07, 6.45) is 0. The van der Waals surface area contributed by atoms with E-state index in [0.29, 0.717) is 35.5 Å². The molecule has 0 spiro atoms. The van der Waals surface area contributed by atoms with Crippen molar-refractivity contribution in [2.45, 2.75) is 20.0 Å². The number of H-pyrrole nitrogens is 1. The van der Waals surface area contributed by atoms with Gasteiger partial charge in [0.2, 0.25) is 5.95 Å². The molecule has 0 aliphatic heterocycles. The van der Waals surface area contributed by atoms with Gasteiger partial charge < -0.3 is 10.6 Å². The summed E-state index contributed by atoms with van der Waals surface area (Å²) in [6, 6.07) is 17.1. The molecule has 0 saturated heterocycles. The van der Waals surface area contributed by atoms with E-state index < -0.39 is 0 Å². The fraction of sp³-hybridized carbons (Fsp3) is 0.150. The topological polar surface area (TPSA) is 87.1 Å². The summed E-state index contributed by atoms with van der Waals surface area (Å²) >= 11 is 5.98. The molecular weight excluding hydrogens is 376 g/mol. The summed E-state index contributed by atoms with van der Waals surface area (Å²) < 4.78 is 1.32. The molecule has 0 radical (unpaired) electrons. The summed E-state index contributed by atoms with van der Waals surface area (Å²) in [5.41, 5.74) is 3.57. The number of fused-ring (bicyclic) bond motifs is 1. The van der Waals surface area contributed by atoms with Crippen LogP contribution in [0.3, 0.4) is 0 Å². The minimum atomic E-state index is -0.219. The molecule has 2 aromatic carbocycles. The van der Waals surface area contributed by atoms with Crippen molar-refractivity contribution in [2.24, 2.45) is 0 Å². The van der Waals surface area contributed by atoms with E-state index in [2.05, 4.69) is 50.0 Å². The van der Waals surface area contributed by atoms with Gasteiger partial charge in [0.15, 0.2) is 0 Å². The lowest BCUT2D eigenvalue weighted by Crippen LogP contribution is -2.17. The minimum Gasteiger partial charge on any atom is -0.379 e. The Balaban J connectivity index is 1.48. The normalized spacial score (nSPS) is 10.9. The van der Waals surface area contributed by atoms with Gasteiger partial charge in [-0.05, 0) is 30.7 Å². The predicted octanol–water partition coefficient (Wildman–Crippen LogP) is 3.60. The van der Waals surface area contributed by atoms with Gasteiger partial charge in [-0.25, -0.2) is 4.98 Å².